The Morgan fingerprint density at radius 3 is 3.00 bits per heavy atom. The van der Waals surface area contributed by atoms with Gasteiger partial charge in [-0.05, 0) is 24.5 Å². The van der Waals surface area contributed by atoms with Gasteiger partial charge in [0.15, 0.2) is 5.76 Å². The van der Waals surface area contributed by atoms with Crippen LogP contribution < -0.4 is 5.01 Å². The van der Waals surface area contributed by atoms with Crippen molar-refractivity contribution in [3.8, 4) is 11.6 Å². The molecule has 23 heavy (non-hydrogen) atoms. The molecular weight excluding hydrogens is 312 g/mol. The van der Waals surface area contributed by atoms with Gasteiger partial charge in [-0.25, -0.2) is 9.69 Å². The van der Waals surface area contributed by atoms with Crippen molar-refractivity contribution >= 4 is 17.7 Å². The predicted octanol–water partition coefficient (Wildman–Crippen LogP) is 3.08. The van der Waals surface area contributed by atoms with Crippen molar-refractivity contribution in [2.24, 2.45) is 5.92 Å². The number of rotatable bonds is 4. The smallest absolute Gasteiger partial charge is 0.241 e. The number of aromatic nitrogens is 3. The molecule has 0 aromatic carbocycles. The van der Waals surface area contributed by atoms with E-state index in [2.05, 4.69) is 10.2 Å². The minimum Gasteiger partial charge on any atom is -0.461 e. The predicted molar refractivity (Wildman–Crippen MR) is 87.7 cm³/mol. The third-order valence-electron chi connectivity index (χ3n) is 4.66. The molecule has 0 saturated heterocycles. The summed E-state index contributed by atoms with van der Waals surface area (Å²) in [6, 6.07) is 3.66. The van der Waals surface area contributed by atoms with E-state index in [1.165, 1.54) is 25.7 Å². The van der Waals surface area contributed by atoms with Crippen LogP contribution in [0.4, 0.5) is 0 Å². The first kappa shape index (κ1) is 14.8. The lowest BCUT2D eigenvalue weighted by atomic mass is 10.0. The van der Waals surface area contributed by atoms with Gasteiger partial charge in [0.2, 0.25) is 16.9 Å². The molecule has 1 aliphatic heterocycles. The summed E-state index contributed by atoms with van der Waals surface area (Å²) < 4.78 is 7.27. The van der Waals surface area contributed by atoms with Crippen molar-refractivity contribution < 1.29 is 9.21 Å². The van der Waals surface area contributed by atoms with Crippen LogP contribution >= 0.6 is 11.8 Å². The van der Waals surface area contributed by atoms with Gasteiger partial charge >= 0.3 is 0 Å². The lowest BCUT2D eigenvalue weighted by Gasteiger charge is -2.29. The Balaban J connectivity index is 1.54. The first-order valence-electron chi connectivity index (χ1n) is 8.25. The number of thioether (sulfide) groups is 1. The third kappa shape index (κ3) is 2.89. The zero-order valence-corrected chi connectivity index (χ0v) is 13.8. The van der Waals surface area contributed by atoms with Crippen molar-refractivity contribution in [2.75, 3.05) is 17.3 Å². The summed E-state index contributed by atoms with van der Waals surface area (Å²) in [5, 5.41) is 11.0. The molecule has 2 aromatic heterocycles. The van der Waals surface area contributed by atoms with Gasteiger partial charge in [0.1, 0.15) is 0 Å². The van der Waals surface area contributed by atoms with Gasteiger partial charge in [-0.3, -0.25) is 4.79 Å². The number of amides is 1. The highest BCUT2D eigenvalue weighted by atomic mass is 32.2. The molecule has 2 aromatic rings. The number of fused-ring (bicyclic) bond motifs is 1. The van der Waals surface area contributed by atoms with Crippen LogP contribution in [0.15, 0.2) is 28.0 Å². The first-order chi connectivity index (χ1) is 11.3. The molecule has 3 heterocycles. The van der Waals surface area contributed by atoms with E-state index in [-0.39, 0.29) is 5.91 Å². The summed E-state index contributed by atoms with van der Waals surface area (Å²) >= 11 is 1.63. The molecule has 1 saturated carbocycles. The van der Waals surface area contributed by atoms with Gasteiger partial charge in [-0.1, -0.05) is 37.4 Å². The van der Waals surface area contributed by atoms with Crippen molar-refractivity contribution in [2.45, 2.75) is 43.7 Å². The molecule has 0 unspecified atom stereocenters. The number of carbonyl (C=O) groups is 1. The molecule has 7 heteroatoms. The second-order valence-corrected chi connectivity index (χ2v) is 7.21. The van der Waals surface area contributed by atoms with E-state index in [1.807, 2.05) is 16.8 Å². The van der Waals surface area contributed by atoms with E-state index >= 15 is 0 Å². The van der Waals surface area contributed by atoms with E-state index in [0.29, 0.717) is 24.6 Å². The van der Waals surface area contributed by atoms with Gasteiger partial charge in [0, 0.05) is 12.2 Å². The summed E-state index contributed by atoms with van der Waals surface area (Å²) in [7, 11) is 0. The summed E-state index contributed by atoms with van der Waals surface area (Å²) in [4.78, 5) is 12.7. The summed E-state index contributed by atoms with van der Waals surface area (Å²) in [5.74, 6) is 2.98. The molecule has 6 nitrogen and oxygen atoms in total. The van der Waals surface area contributed by atoms with Crippen LogP contribution in [0.25, 0.3) is 11.6 Å². The fraction of sp³-hybridized carbons (Fsp3) is 0.562. The topological polar surface area (TPSA) is 64.2 Å². The molecule has 4 rings (SSSR count). The van der Waals surface area contributed by atoms with E-state index in [9.17, 15) is 4.79 Å². The van der Waals surface area contributed by atoms with Crippen molar-refractivity contribution in [1.82, 2.24) is 14.9 Å². The van der Waals surface area contributed by atoms with Crippen molar-refractivity contribution in [3.05, 3.63) is 18.4 Å². The molecule has 1 amide bonds. The summed E-state index contributed by atoms with van der Waals surface area (Å²) in [5.41, 5.74) is 0. The van der Waals surface area contributed by atoms with Crippen LogP contribution in [0.3, 0.4) is 0 Å². The quantitative estimate of drug-likeness (QED) is 0.861. The molecule has 0 radical (unpaired) electrons. The number of hydrogen-bond donors (Lipinski definition) is 0. The highest BCUT2D eigenvalue weighted by molar-refractivity contribution is 7.99. The van der Waals surface area contributed by atoms with Crippen molar-refractivity contribution in [1.29, 1.82) is 0 Å². The molecule has 0 atom stereocenters. The molecule has 1 fully saturated rings. The fourth-order valence-electron chi connectivity index (χ4n) is 3.45. The Hall–Kier alpha value is -1.76. The average molecular weight is 332 g/mol. The Morgan fingerprint density at radius 2 is 2.22 bits per heavy atom. The highest BCUT2D eigenvalue weighted by Gasteiger charge is 2.29. The van der Waals surface area contributed by atoms with Gasteiger partial charge in [-0.2, -0.15) is 0 Å². The Bertz CT molecular complexity index is 676. The largest absolute Gasteiger partial charge is 0.461 e. The zero-order valence-electron chi connectivity index (χ0n) is 13.0. The maximum atomic E-state index is 12.7. The fourth-order valence-corrected chi connectivity index (χ4v) is 4.30. The van der Waals surface area contributed by atoms with Crippen LogP contribution in [0.5, 0.6) is 0 Å². The Labute approximate surface area is 139 Å². The maximum absolute atomic E-state index is 12.7. The minimum absolute atomic E-state index is 0.158. The molecular formula is C16H20N4O2S. The van der Waals surface area contributed by atoms with E-state index < -0.39 is 0 Å². The monoisotopic (exact) mass is 332 g/mol. The van der Waals surface area contributed by atoms with Crippen LogP contribution in [0, 0.1) is 5.92 Å². The third-order valence-corrected chi connectivity index (χ3v) is 5.56. The lowest BCUT2D eigenvalue weighted by molar-refractivity contribution is -0.120. The minimum atomic E-state index is 0.158. The number of nitrogens with zero attached hydrogens (tertiary/aromatic N) is 4. The molecule has 0 bridgehead atoms. The van der Waals surface area contributed by atoms with Gasteiger partial charge in [0.05, 0.1) is 12.8 Å². The number of furan rings is 1. The van der Waals surface area contributed by atoms with Gasteiger partial charge < -0.3 is 4.42 Å². The average Bonchev–Trinajstić information content (AvgIpc) is 3.32. The van der Waals surface area contributed by atoms with E-state index in [1.54, 1.807) is 23.0 Å². The molecule has 1 aliphatic carbocycles. The van der Waals surface area contributed by atoms with Gasteiger partial charge in [0.25, 0.3) is 0 Å². The second-order valence-electron chi connectivity index (χ2n) is 6.15. The Morgan fingerprint density at radius 1 is 1.35 bits per heavy atom. The number of hydrogen-bond acceptors (Lipinski definition) is 5. The van der Waals surface area contributed by atoms with E-state index in [0.717, 1.165) is 23.2 Å². The molecule has 0 N–H and O–H groups in total. The van der Waals surface area contributed by atoms with Crippen LogP contribution in [-0.4, -0.2) is 33.1 Å². The number of carbonyl (C=O) groups excluding carboxylic acids is 1. The van der Waals surface area contributed by atoms with Gasteiger partial charge in [-0.15, -0.1) is 10.2 Å². The molecule has 0 spiro atoms. The lowest BCUT2D eigenvalue weighted by Crippen LogP contribution is -2.45. The van der Waals surface area contributed by atoms with Crippen LogP contribution in [0.1, 0.15) is 38.5 Å². The molecule has 122 valence electrons. The first-order valence-corrected chi connectivity index (χ1v) is 9.24. The second kappa shape index (κ2) is 6.39. The SMILES string of the molecule is O=C(CCC1CCCC1)N1CCSc2nnc(-c3ccco3)n21. The van der Waals surface area contributed by atoms with Crippen LogP contribution in [-0.2, 0) is 4.79 Å². The van der Waals surface area contributed by atoms with E-state index in [4.69, 9.17) is 4.42 Å². The maximum Gasteiger partial charge on any atom is 0.241 e. The highest BCUT2D eigenvalue weighted by Crippen LogP contribution is 2.30. The van der Waals surface area contributed by atoms with Crippen LogP contribution in [0.2, 0.25) is 0 Å². The van der Waals surface area contributed by atoms with Crippen molar-refractivity contribution in [3.63, 3.8) is 0 Å². The normalized spacial score (nSPS) is 18.3. The zero-order chi connectivity index (χ0) is 15.6. The standard InChI is InChI=1S/C16H20N4O2S/c21-14(8-7-12-4-1-2-5-12)19-9-11-23-16-18-17-15(20(16)19)13-6-3-10-22-13/h3,6,10,12H,1-2,4-5,7-9,11H2. The Kier molecular flexibility index (Phi) is 4.11. The molecule has 2 aliphatic rings. The summed E-state index contributed by atoms with van der Waals surface area (Å²) in [6.07, 6.45) is 8.39. The summed E-state index contributed by atoms with van der Waals surface area (Å²) in [6.45, 7) is 0.687.